The Morgan fingerprint density at radius 3 is 2.68 bits per heavy atom. The van der Waals surface area contributed by atoms with E-state index < -0.39 is 0 Å². The summed E-state index contributed by atoms with van der Waals surface area (Å²) >= 11 is 0. The number of carbonyl (C=O) groups excluding carboxylic acids is 1. The van der Waals surface area contributed by atoms with E-state index in [0.717, 1.165) is 45.0 Å². The quantitative estimate of drug-likeness (QED) is 0.378. The van der Waals surface area contributed by atoms with Crippen molar-refractivity contribution in [2.24, 2.45) is 4.99 Å². The lowest BCUT2D eigenvalue weighted by Crippen LogP contribution is -2.55. The molecule has 25 heavy (non-hydrogen) atoms. The highest BCUT2D eigenvalue weighted by Crippen LogP contribution is 2.16. The summed E-state index contributed by atoms with van der Waals surface area (Å²) in [5.41, 5.74) is 0. The summed E-state index contributed by atoms with van der Waals surface area (Å²) < 4.78 is 7.27. The minimum Gasteiger partial charge on any atom is -0.368 e. The number of aromatic nitrogens is 3. The van der Waals surface area contributed by atoms with E-state index in [1.54, 1.807) is 18.1 Å². The molecule has 1 amide bonds. The van der Waals surface area contributed by atoms with Gasteiger partial charge in [0.25, 0.3) is 5.91 Å². The van der Waals surface area contributed by atoms with Gasteiger partial charge in [0.15, 0.2) is 5.96 Å². The number of carbonyl (C=O) groups is 1. The molecule has 1 unspecified atom stereocenters. The van der Waals surface area contributed by atoms with Gasteiger partial charge in [0.05, 0.1) is 6.54 Å². The first-order chi connectivity index (χ1) is 11.8. The molecule has 1 aromatic rings. The van der Waals surface area contributed by atoms with Crippen molar-refractivity contribution < 1.29 is 9.53 Å². The van der Waals surface area contributed by atoms with Gasteiger partial charge in [-0.05, 0) is 12.8 Å². The number of halogens is 1. The standard InChI is InChI=1S/C15H25N7O2.HI/c1-16-15(18-4-5-22-12-17-11-19-22)21-8-6-20(7-9-21)14(23)13-3-2-10-24-13;/h11-13H,2-10H2,1H3,(H,16,18);1H. The molecule has 2 aliphatic heterocycles. The highest BCUT2D eigenvalue weighted by Gasteiger charge is 2.30. The second-order valence-corrected chi connectivity index (χ2v) is 5.95. The second-order valence-electron chi connectivity index (χ2n) is 5.95. The minimum atomic E-state index is -0.225. The Hall–Kier alpha value is -1.43. The van der Waals surface area contributed by atoms with Crippen LogP contribution in [0.4, 0.5) is 0 Å². The molecule has 0 saturated carbocycles. The number of piperazine rings is 1. The van der Waals surface area contributed by atoms with Gasteiger partial charge < -0.3 is 19.9 Å². The van der Waals surface area contributed by atoms with E-state index in [-0.39, 0.29) is 36.0 Å². The average molecular weight is 463 g/mol. The molecule has 2 saturated heterocycles. The molecule has 0 radical (unpaired) electrons. The number of rotatable bonds is 4. The van der Waals surface area contributed by atoms with Crippen molar-refractivity contribution in [1.29, 1.82) is 0 Å². The van der Waals surface area contributed by atoms with Gasteiger partial charge >= 0.3 is 0 Å². The second kappa shape index (κ2) is 9.90. The molecule has 1 atom stereocenters. The van der Waals surface area contributed by atoms with Crippen LogP contribution in [0.1, 0.15) is 12.8 Å². The molecule has 140 valence electrons. The predicted octanol–water partition coefficient (Wildman–Crippen LogP) is -0.205. The van der Waals surface area contributed by atoms with Crippen LogP contribution in [0.5, 0.6) is 0 Å². The van der Waals surface area contributed by atoms with E-state index in [2.05, 4.69) is 25.3 Å². The van der Waals surface area contributed by atoms with Crippen LogP contribution >= 0.6 is 24.0 Å². The van der Waals surface area contributed by atoms with E-state index in [1.807, 2.05) is 4.90 Å². The summed E-state index contributed by atoms with van der Waals surface area (Å²) in [7, 11) is 1.78. The first-order valence-electron chi connectivity index (χ1n) is 8.46. The lowest BCUT2D eigenvalue weighted by atomic mass is 10.2. The van der Waals surface area contributed by atoms with Crippen LogP contribution in [0.2, 0.25) is 0 Å². The summed E-state index contributed by atoms with van der Waals surface area (Å²) in [6.45, 7) is 5.15. The van der Waals surface area contributed by atoms with Gasteiger partial charge in [0.1, 0.15) is 18.8 Å². The van der Waals surface area contributed by atoms with Gasteiger partial charge in [-0.1, -0.05) is 0 Å². The minimum absolute atomic E-state index is 0. The number of aliphatic imine (C=N–C) groups is 1. The number of nitrogens with zero attached hydrogens (tertiary/aromatic N) is 6. The summed E-state index contributed by atoms with van der Waals surface area (Å²) in [6.07, 6.45) is 4.83. The topological polar surface area (TPSA) is 87.9 Å². The Morgan fingerprint density at radius 1 is 1.32 bits per heavy atom. The van der Waals surface area contributed by atoms with Crippen molar-refractivity contribution in [1.82, 2.24) is 29.9 Å². The zero-order valence-electron chi connectivity index (χ0n) is 14.5. The molecule has 3 heterocycles. The Labute approximate surface area is 164 Å². The molecule has 2 aliphatic rings. The van der Waals surface area contributed by atoms with Crippen LogP contribution in [0.3, 0.4) is 0 Å². The molecule has 0 aliphatic carbocycles. The molecular formula is C15H26IN7O2. The number of amides is 1. The molecule has 0 spiro atoms. The molecule has 3 rings (SSSR count). The third-order valence-electron chi connectivity index (χ3n) is 4.40. The fourth-order valence-corrected chi connectivity index (χ4v) is 3.08. The fraction of sp³-hybridized carbons (Fsp3) is 0.733. The van der Waals surface area contributed by atoms with Crippen LogP contribution < -0.4 is 5.32 Å². The molecular weight excluding hydrogens is 437 g/mol. The largest absolute Gasteiger partial charge is 0.368 e. The number of nitrogens with one attached hydrogen (secondary N) is 1. The lowest BCUT2D eigenvalue weighted by molar-refractivity contribution is -0.142. The molecule has 1 N–H and O–H groups in total. The lowest BCUT2D eigenvalue weighted by Gasteiger charge is -2.37. The van der Waals surface area contributed by atoms with Gasteiger partial charge in [0.2, 0.25) is 0 Å². The molecule has 9 nitrogen and oxygen atoms in total. The average Bonchev–Trinajstić information content (AvgIpc) is 3.32. The summed E-state index contributed by atoms with van der Waals surface area (Å²) in [5.74, 6) is 1.00. The summed E-state index contributed by atoms with van der Waals surface area (Å²) in [6, 6.07) is 0. The Kier molecular flexibility index (Phi) is 7.88. The summed E-state index contributed by atoms with van der Waals surface area (Å²) in [4.78, 5) is 24.7. The monoisotopic (exact) mass is 463 g/mol. The molecule has 10 heteroatoms. The van der Waals surface area contributed by atoms with Crippen LogP contribution in [0.25, 0.3) is 0 Å². The normalized spacial score (nSPS) is 21.2. The van der Waals surface area contributed by atoms with Crippen molar-refractivity contribution in [3.05, 3.63) is 12.7 Å². The third kappa shape index (κ3) is 5.27. The van der Waals surface area contributed by atoms with Gasteiger partial charge in [-0.15, -0.1) is 24.0 Å². The van der Waals surface area contributed by atoms with Crippen molar-refractivity contribution >= 4 is 35.8 Å². The Bertz CT molecular complexity index is 552. The smallest absolute Gasteiger partial charge is 0.251 e. The first kappa shape index (κ1) is 19.9. The fourth-order valence-electron chi connectivity index (χ4n) is 3.08. The maximum absolute atomic E-state index is 12.4. The van der Waals surface area contributed by atoms with Crippen LogP contribution in [-0.2, 0) is 16.1 Å². The Balaban J connectivity index is 0.00000225. The zero-order chi connectivity index (χ0) is 16.8. The summed E-state index contributed by atoms with van der Waals surface area (Å²) in [5, 5.41) is 7.41. The van der Waals surface area contributed by atoms with Crippen LogP contribution in [-0.4, -0.2) is 88.9 Å². The number of hydrogen-bond acceptors (Lipinski definition) is 5. The van der Waals surface area contributed by atoms with E-state index >= 15 is 0 Å². The molecule has 0 bridgehead atoms. The van der Waals surface area contributed by atoms with Crippen molar-refractivity contribution in [2.75, 3.05) is 46.4 Å². The third-order valence-corrected chi connectivity index (χ3v) is 4.40. The maximum Gasteiger partial charge on any atom is 0.251 e. The Morgan fingerprint density at radius 2 is 2.08 bits per heavy atom. The van der Waals surface area contributed by atoms with Crippen LogP contribution in [0.15, 0.2) is 17.6 Å². The SMILES string of the molecule is CN=C(NCCn1cncn1)N1CCN(C(=O)C2CCCO2)CC1.I. The molecule has 1 aromatic heterocycles. The number of guanidine groups is 1. The van der Waals surface area contributed by atoms with Gasteiger partial charge in [-0.25, -0.2) is 4.98 Å². The van der Waals surface area contributed by atoms with E-state index in [9.17, 15) is 4.79 Å². The van der Waals surface area contributed by atoms with E-state index in [1.165, 1.54) is 6.33 Å². The van der Waals surface area contributed by atoms with Crippen LogP contribution in [0, 0.1) is 0 Å². The maximum atomic E-state index is 12.4. The van der Waals surface area contributed by atoms with Crippen molar-refractivity contribution in [3.8, 4) is 0 Å². The predicted molar refractivity (Wildman–Crippen MR) is 104 cm³/mol. The van der Waals surface area contributed by atoms with Gasteiger partial charge in [-0.2, -0.15) is 5.10 Å². The van der Waals surface area contributed by atoms with E-state index in [4.69, 9.17) is 4.74 Å². The first-order valence-corrected chi connectivity index (χ1v) is 8.46. The van der Waals surface area contributed by atoms with Gasteiger partial charge in [-0.3, -0.25) is 14.5 Å². The molecule has 2 fully saturated rings. The molecule has 0 aromatic carbocycles. The number of ether oxygens (including phenoxy) is 1. The zero-order valence-corrected chi connectivity index (χ0v) is 16.8. The van der Waals surface area contributed by atoms with Gasteiger partial charge in [0, 0.05) is 46.4 Å². The van der Waals surface area contributed by atoms with Crippen molar-refractivity contribution in [3.63, 3.8) is 0 Å². The van der Waals surface area contributed by atoms with Crippen molar-refractivity contribution in [2.45, 2.75) is 25.5 Å². The highest BCUT2D eigenvalue weighted by molar-refractivity contribution is 14.0. The number of hydrogen-bond donors (Lipinski definition) is 1. The highest BCUT2D eigenvalue weighted by atomic mass is 127. The van der Waals surface area contributed by atoms with E-state index in [0.29, 0.717) is 19.7 Å².